The largest absolute Gasteiger partial charge is 0.467 e. The molecule has 1 aromatic heterocycles. The van der Waals surface area contributed by atoms with Crippen LogP contribution in [0.5, 0.6) is 0 Å². The number of rotatable bonds is 4. The molecule has 1 unspecified atom stereocenters. The summed E-state index contributed by atoms with van der Waals surface area (Å²) in [7, 11) is 0. The minimum atomic E-state index is -0.131. The minimum Gasteiger partial charge on any atom is -0.467 e. The van der Waals surface area contributed by atoms with Crippen LogP contribution in [0.15, 0.2) is 22.8 Å². The Labute approximate surface area is 119 Å². The lowest BCUT2D eigenvalue weighted by Gasteiger charge is -2.40. The van der Waals surface area contributed by atoms with E-state index in [0.717, 1.165) is 25.0 Å². The molecular formula is C15H24N2O3. The molecule has 0 saturated carbocycles. The predicted octanol–water partition coefficient (Wildman–Crippen LogP) is 2.53. The molecule has 5 nitrogen and oxygen atoms in total. The number of hydrogen-bond acceptors (Lipinski definition) is 3. The minimum absolute atomic E-state index is 0.00338. The van der Waals surface area contributed by atoms with E-state index in [9.17, 15) is 9.90 Å². The number of aliphatic hydroxyl groups excluding tert-OH is 1. The second kappa shape index (κ2) is 6.31. The van der Waals surface area contributed by atoms with Crippen molar-refractivity contribution in [3.05, 3.63) is 24.2 Å². The first-order valence-electron chi connectivity index (χ1n) is 7.30. The highest BCUT2D eigenvalue weighted by molar-refractivity contribution is 5.74. The quantitative estimate of drug-likeness (QED) is 0.890. The van der Waals surface area contributed by atoms with Gasteiger partial charge in [-0.25, -0.2) is 4.79 Å². The Hall–Kier alpha value is -1.49. The van der Waals surface area contributed by atoms with Crippen LogP contribution in [0.2, 0.25) is 0 Å². The summed E-state index contributed by atoms with van der Waals surface area (Å²) in [5.74, 6) is 0.758. The van der Waals surface area contributed by atoms with E-state index in [0.29, 0.717) is 13.1 Å². The Morgan fingerprint density at radius 3 is 2.75 bits per heavy atom. The number of likely N-dealkylation sites (tertiary alicyclic amines) is 1. The molecule has 2 N–H and O–H groups in total. The maximum absolute atomic E-state index is 12.2. The third-order valence-corrected chi connectivity index (χ3v) is 4.51. The Morgan fingerprint density at radius 2 is 2.25 bits per heavy atom. The third kappa shape index (κ3) is 3.15. The molecule has 0 aliphatic carbocycles. The Morgan fingerprint density at radius 1 is 1.55 bits per heavy atom. The summed E-state index contributed by atoms with van der Waals surface area (Å²) in [6.45, 7) is 5.62. The molecule has 0 spiro atoms. The molecular weight excluding hydrogens is 256 g/mol. The van der Waals surface area contributed by atoms with Gasteiger partial charge in [-0.1, -0.05) is 6.92 Å². The van der Waals surface area contributed by atoms with Gasteiger partial charge in [0.05, 0.1) is 12.3 Å². The fourth-order valence-electron chi connectivity index (χ4n) is 2.69. The number of amides is 2. The zero-order valence-electron chi connectivity index (χ0n) is 12.3. The van der Waals surface area contributed by atoms with Crippen LogP contribution in [0.25, 0.3) is 0 Å². The molecule has 1 saturated heterocycles. The first-order valence-corrected chi connectivity index (χ1v) is 7.30. The molecule has 2 rings (SSSR count). The van der Waals surface area contributed by atoms with Gasteiger partial charge in [0.25, 0.3) is 0 Å². The number of piperidine rings is 1. The van der Waals surface area contributed by atoms with E-state index in [1.54, 1.807) is 6.26 Å². The number of carbonyl (C=O) groups is 1. The second-order valence-corrected chi connectivity index (χ2v) is 5.69. The highest BCUT2D eigenvalue weighted by Gasteiger charge is 2.34. The van der Waals surface area contributed by atoms with E-state index in [-0.39, 0.29) is 24.1 Å². The fourth-order valence-corrected chi connectivity index (χ4v) is 2.69. The number of hydrogen-bond donors (Lipinski definition) is 2. The number of nitrogens with one attached hydrogen (secondary N) is 1. The molecule has 0 radical (unpaired) electrons. The van der Waals surface area contributed by atoms with Crippen molar-refractivity contribution in [2.75, 3.05) is 19.7 Å². The van der Waals surface area contributed by atoms with Gasteiger partial charge in [-0.05, 0) is 43.7 Å². The molecule has 0 aromatic carbocycles. The second-order valence-electron chi connectivity index (χ2n) is 5.69. The molecule has 5 heteroatoms. The van der Waals surface area contributed by atoms with Crippen LogP contribution in [0, 0.1) is 5.41 Å². The first kappa shape index (κ1) is 14.9. The summed E-state index contributed by atoms with van der Waals surface area (Å²) in [6.07, 6.45) is 4.29. The molecule has 0 bridgehead atoms. The van der Waals surface area contributed by atoms with Crippen LogP contribution in [0.3, 0.4) is 0 Å². The van der Waals surface area contributed by atoms with Gasteiger partial charge in [-0.15, -0.1) is 0 Å². The SMILES string of the molecule is CCC1(CO)CCN(C(=O)NC(C)c2ccco2)CC1. The predicted molar refractivity (Wildman–Crippen MR) is 76.3 cm³/mol. The van der Waals surface area contributed by atoms with Crippen molar-refractivity contribution in [3.63, 3.8) is 0 Å². The highest BCUT2D eigenvalue weighted by atomic mass is 16.3. The van der Waals surface area contributed by atoms with E-state index in [4.69, 9.17) is 4.42 Å². The van der Waals surface area contributed by atoms with Crippen LogP contribution in [0.4, 0.5) is 4.79 Å². The number of carbonyl (C=O) groups excluding carboxylic acids is 1. The van der Waals surface area contributed by atoms with E-state index < -0.39 is 0 Å². The average Bonchev–Trinajstić information content (AvgIpc) is 3.01. The van der Waals surface area contributed by atoms with Gasteiger partial charge in [0.15, 0.2) is 0 Å². The van der Waals surface area contributed by atoms with Crippen LogP contribution in [-0.2, 0) is 0 Å². The first-order chi connectivity index (χ1) is 9.60. The standard InChI is InChI=1S/C15H24N2O3/c1-3-15(11-18)6-8-17(9-7-15)14(19)16-12(2)13-5-4-10-20-13/h4-5,10,12,18H,3,6-9,11H2,1-2H3,(H,16,19). The van der Waals surface area contributed by atoms with Crippen molar-refractivity contribution >= 4 is 6.03 Å². The number of urea groups is 1. The van der Waals surface area contributed by atoms with Gasteiger partial charge in [0.2, 0.25) is 0 Å². The van der Waals surface area contributed by atoms with Gasteiger partial charge in [-0.3, -0.25) is 0 Å². The van der Waals surface area contributed by atoms with Gasteiger partial charge in [0.1, 0.15) is 5.76 Å². The zero-order chi connectivity index (χ0) is 14.6. The number of aliphatic hydroxyl groups is 1. The van der Waals surface area contributed by atoms with Crippen molar-refractivity contribution in [1.29, 1.82) is 0 Å². The van der Waals surface area contributed by atoms with Crippen molar-refractivity contribution in [3.8, 4) is 0 Å². The van der Waals surface area contributed by atoms with Crippen molar-refractivity contribution < 1.29 is 14.3 Å². The van der Waals surface area contributed by atoms with Gasteiger partial charge in [0, 0.05) is 19.7 Å². The molecule has 2 amide bonds. The van der Waals surface area contributed by atoms with Crippen LogP contribution >= 0.6 is 0 Å². The fraction of sp³-hybridized carbons (Fsp3) is 0.667. The molecule has 112 valence electrons. The van der Waals surface area contributed by atoms with E-state index >= 15 is 0 Å². The lowest BCUT2D eigenvalue weighted by molar-refractivity contribution is 0.0514. The van der Waals surface area contributed by atoms with E-state index in [1.165, 1.54) is 0 Å². The molecule has 1 atom stereocenters. The summed E-state index contributed by atoms with van der Waals surface area (Å²) >= 11 is 0. The summed E-state index contributed by atoms with van der Waals surface area (Å²) in [4.78, 5) is 14.0. The molecule has 20 heavy (non-hydrogen) atoms. The van der Waals surface area contributed by atoms with Crippen LogP contribution in [-0.4, -0.2) is 35.7 Å². The van der Waals surface area contributed by atoms with Crippen molar-refractivity contribution in [2.45, 2.75) is 39.2 Å². The van der Waals surface area contributed by atoms with E-state index in [1.807, 2.05) is 24.0 Å². The molecule has 2 heterocycles. The van der Waals surface area contributed by atoms with Crippen molar-refractivity contribution in [2.24, 2.45) is 5.41 Å². The topological polar surface area (TPSA) is 65.7 Å². The zero-order valence-corrected chi connectivity index (χ0v) is 12.3. The monoisotopic (exact) mass is 280 g/mol. The van der Waals surface area contributed by atoms with Crippen molar-refractivity contribution in [1.82, 2.24) is 10.2 Å². The maximum atomic E-state index is 12.2. The Kier molecular flexibility index (Phi) is 4.70. The number of nitrogens with zero attached hydrogens (tertiary/aromatic N) is 1. The molecule has 1 aromatic rings. The lowest BCUT2D eigenvalue weighted by Crippen LogP contribution is -2.48. The van der Waals surface area contributed by atoms with E-state index in [2.05, 4.69) is 12.2 Å². The summed E-state index contributed by atoms with van der Waals surface area (Å²) < 4.78 is 5.29. The number of furan rings is 1. The Bertz CT molecular complexity index is 416. The third-order valence-electron chi connectivity index (χ3n) is 4.51. The average molecular weight is 280 g/mol. The smallest absolute Gasteiger partial charge is 0.317 e. The highest BCUT2D eigenvalue weighted by Crippen LogP contribution is 2.34. The normalized spacial score (nSPS) is 19.6. The summed E-state index contributed by atoms with van der Waals surface area (Å²) in [6, 6.07) is 3.48. The van der Waals surface area contributed by atoms with Gasteiger partial charge >= 0.3 is 6.03 Å². The summed E-state index contributed by atoms with van der Waals surface area (Å²) in [5.41, 5.74) is 0.00338. The van der Waals surface area contributed by atoms with Gasteiger partial charge < -0.3 is 19.7 Å². The molecule has 1 aliphatic heterocycles. The Balaban J connectivity index is 1.86. The van der Waals surface area contributed by atoms with Gasteiger partial charge in [-0.2, -0.15) is 0 Å². The summed E-state index contributed by atoms with van der Waals surface area (Å²) in [5, 5.41) is 12.5. The van der Waals surface area contributed by atoms with Crippen LogP contribution in [0.1, 0.15) is 44.9 Å². The van der Waals surface area contributed by atoms with Crippen LogP contribution < -0.4 is 5.32 Å². The molecule has 1 aliphatic rings. The lowest BCUT2D eigenvalue weighted by atomic mass is 9.77. The maximum Gasteiger partial charge on any atom is 0.317 e. The molecule has 1 fully saturated rings.